The van der Waals surface area contributed by atoms with Gasteiger partial charge in [0.2, 0.25) is 0 Å². The zero-order valence-electron chi connectivity index (χ0n) is 10.4. The molecule has 0 radical (unpaired) electrons. The SMILES string of the molecule is CCNC(CC(C)(C)C)c1ccccc1. The van der Waals surface area contributed by atoms with E-state index in [-0.39, 0.29) is 0 Å². The molecule has 0 aliphatic heterocycles. The summed E-state index contributed by atoms with van der Waals surface area (Å²) in [5.41, 5.74) is 1.76. The summed E-state index contributed by atoms with van der Waals surface area (Å²) in [6, 6.07) is 11.2. The van der Waals surface area contributed by atoms with E-state index in [1.54, 1.807) is 0 Å². The topological polar surface area (TPSA) is 12.0 Å². The minimum Gasteiger partial charge on any atom is -0.310 e. The van der Waals surface area contributed by atoms with Crippen LogP contribution in [0, 0.1) is 5.41 Å². The highest BCUT2D eigenvalue weighted by Gasteiger charge is 2.18. The fraction of sp³-hybridized carbons (Fsp3) is 0.571. The lowest BCUT2D eigenvalue weighted by Gasteiger charge is -2.27. The van der Waals surface area contributed by atoms with Crippen LogP contribution in [0.5, 0.6) is 0 Å². The Labute approximate surface area is 93.9 Å². The average molecular weight is 205 g/mol. The van der Waals surface area contributed by atoms with E-state index >= 15 is 0 Å². The van der Waals surface area contributed by atoms with E-state index in [0.29, 0.717) is 11.5 Å². The van der Waals surface area contributed by atoms with Crippen LogP contribution in [0.15, 0.2) is 30.3 Å². The Morgan fingerprint density at radius 3 is 2.20 bits per heavy atom. The van der Waals surface area contributed by atoms with Gasteiger partial charge in [-0.15, -0.1) is 0 Å². The van der Waals surface area contributed by atoms with Crippen LogP contribution < -0.4 is 5.32 Å². The van der Waals surface area contributed by atoms with Crippen LogP contribution in [0.4, 0.5) is 0 Å². The molecular formula is C14H23N. The molecule has 84 valence electrons. The number of benzene rings is 1. The van der Waals surface area contributed by atoms with Gasteiger partial charge in [-0.1, -0.05) is 58.0 Å². The van der Waals surface area contributed by atoms with Gasteiger partial charge < -0.3 is 5.32 Å². The van der Waals surface area contributed by atoms with Gasteiger partial charge in [-0.05, 0) is 23.9 Å². The summed E-state index contributed by atoms with van der Waals surface area (Å²) in [6.45, 7) is 10.1. The summed E-state index contributed by atoms with van der Waals surface area (Å²) >= 11 is 0. The van der Waals surface area contributed by atoms with Crippen molar-refractivity contribution in [2.75, 3.05) is 6.54 Å². The van der Waals surface area contributed by atoms with Crippen LogP contribution in [-0.4, -0.2) is 6.54 Å². The third-order valence-corrected chi connectivity index (χ3v) is 2.47. The quantitative estimate of drug-likeness (QED) is 0.789. The molecule has 1 heteroatoms. The predicted molar refractivity (Wildman–Crippen MR) is 66.9 cm³/mol. The molecule has 0 spiro atoms. The second-order valence-electron chi connectivity index (χ2n) is 5.29. The Bertz CT molecular complexity index is 271. The van der Waals surface area contributed by atoms with Gasteiger partial charge in [0.25, 0.3) is 0 Å². The molecule has 0 aliphatic rings. The molecule has 1 atom stereocenters. The Morgan fingerprint density at radius 1 is 1.13 bits per heavy atom. The van der Waals surface area contributed by atoms with Crippen molar-refractivity contribution in [3.63, 3.8) is 0 Å². The zero-order chi connectivity index (χ0) is 11.3. The minimum absolute atomic E-state index is 0.364. The third-order valence-electron chi connectivity index (χ3n) is 2.47. The standard InChI is InChI=1S/C14H23N/c1-5-15-13(11-14(2,3)4)12-9-7-6-8-10-12/h6-10,13,15H,5,11H2,1-4H3. The first-order chi connectivity index (χ1) is 7.03. The summed E-state index contributed by atoms with van der Waals surface area (Å²) in [6.07, 6.45) is 1.17. The second kappa shape index (κ2) is 5.32. The van der Waals surface area contributed by atoms with Gasteiger partial charge in [-0.25, -0.2) is 0 Å². The maximum Gasteiger partial charge on any atom is 0.0325 e. The van der Waals surface area contributed by atoms with E-state index < -0.39 is 0 Å². The first kappa shape index (κ1) is 12.3. The summed E-state index contributed by atoms with van der Waals surface area (Å²) < 4.78 is 0. The molecule has 1 nitrogen and oxygen atoms in total. The van der Waals surface area contributed by atoms with Gasteiger partial charge in [0, 0.05) is 6.04 Å². The molecule has 0 fully saturated rings. The van der Waals surface area contributed by atoms with Crippen LogP contribution in [-0.2, 0) is 0 Å². The first-order valence-corrected chi connectivity index (χ1v) is 5.81. The van der Waals surface area contributed by atoms with Gasteiger partial charge in [0.15, 0.2) is 0 Å². The largest absolute Gasteiger partial charge is 0.310 e. The monoisotopic (exact) mass is 205 g/mol. The van der Waals surface area contributed by atoms with Crippen molar-refractivity contribution >= 4 is 0 Å². The molecule has 0 heterocycles. The molecule has 1 rings (SSSR count). The Hall–Kier alpha value is -0.820. The molecule has 0 saturated carbocycles. The number of hydrogen-bond donors (Lipinski definition) is 1. The van der Waals surface area contributed by atoms with Gasteiger partial charge in [-0.3, -0.25) is 0 Å². The molecule has 1 aromatic rings. The summed E-state index contributed by atoms with van der Waals surface area (Å²) in [5.74, 6) is 0. The maximum atomic E-state index is 3.56. The van der Waals surface area contributed by atoms with Crippen molar-refractivity contribution < 1.29 is 0 Å². The molecule has 15 heavy (non-hydrogen) atoms. The van der Waals surface area contributed by atoms with Gasteiger partial charge in [0.05, 0.1) is 0 Å². The number of rotatable bonds is 4. The minimum atomic E-state index is 0.364. The lowest BCUT2D eigenvalue weighted by Crippen LogP contribution is -2.25. The first-order valence-electron chi connectivity index (χ1n) is 5.81. The summed E-state index contributed by atoms with van der Waals surface area (Å²) in [5, 5.41) is 3.56. The smallest absolute Gasteiger partial charge is 0.0325 e. The highest BCUT2D eigenvalue weighted by Crippen LogP contribution is 2.29. The van der Waals surface area contributed by atoms with Crippen LogP contribution in [0.3, 0.4) is 0 Å². The average Bonchev–Trinajstić information content (AvgIpc) is 2.17. The van der Waals surface area contributed by atoms with Crippen molar-refractivity contribution in [3.05, 3.63) is 35.9 Å². The van der Waals surface area contributed by atoms with Gasteiger partial charge >= 0.3 is 0 Å². The van der Waals surface area contributed by atoms with E-state index in [2.05, 4.69) is 63.3 Å². The highest BCUT2D eigenvalue weighted by atomic mass is 14.9. The summed E-state index contributed by atoms with van der Waals surface area (Å²) in [7, 11) is 0. The number of nitrogens with one attached hydrogen (secondary N) is 1. The molecule has 0 saturated heterocycles. The van der Waals surface area contributed by atoms with Gasteiger partial charge in [0.1, 0.15) is 0 Å². The molecule has 0 amide bonds. The molecule has 1 N–H and O–H groups in total. The van der Waals surface area contributed by atoms with Crippen molar-refractivity contribution in [3.8, 4) is 0 Å². The Kier molecular flexibility index (Phi) is 4.34. The molecule has 1 unspecified atom stereocenters. The molecule has 0 aliphatic carbocycles. The lowest BCUT2D eigenvalue weighted by atomic mass is 9.85. The second-order valence-corrected chi connectivity index (χ2v) is 5.29. The zero-order valence-corrected chi connectivity index (χ0v) is 10.4. The van der Waals surface area contributed by atoms with E-state index in [9.17, 15) is 0 Å². The molecule has 1 aromatic carbocycles. The van der Waals surface area contributed by atoms with Crippen molar-refractivity contribution in [1.29, 1.82) is 0 Å². The number of hydrogen-bond acceptors (Lipinski definition) is 1. The van der Waals surface area contributed by atoms with Gasteiger partial charge in [-0.2, -0.15) is 0 Å². The van der Waals surface area contributed by atoms with E-state index in [4.69, 9.17) is 0 Å². The van der Waals surface area contributed by atoms with Crippen LogP contribution in [0.25, 0.3) is 0 Å². The predicted octanol–water partition coefficient (Wildman–Crippen LogP) is 3.77. The van der Waals surface area contributed by atoms with E-state index in [1.165, 1.54) is 12.0 Å². The highest BCUT2D eigenvalue weighted by molar-refractivity contribution is 5.19. The van der Waals surface area contributed by atoms with Crippen molar-refractivity contribution in [1.82, 2.24) is 5.32 Å². The fourth-order valence-electron chi connectivity index (χ4n) is 1.85. The third kappa shape index (κ3) is 4.48. The Balaban J connectivity index is 2.75. The van der Waals surface area contributed by atoms with E-state index in [1.807, 2.05) is 0 Å². The fourth-order valence-corrected chi connectivity index (χ4v) is 1.85. The van der Waals surface area contributed by atoms with Crippen molar-refractivity contribution in [2.24, 2.45) is 5.41 Å². The maximum absolute atomic E-state index is 3.56. The van der Waals surface area contributed by atoms with Crippen LogP contribution in [0.1, 0.15) is 45.7 Å². The van der Waals surface area contributed by atoms with Crippen LogP contribution in [0.2, 0.25) is 0 Å². The van der Waals surface area contributed by atoms with Crippen LogP contribution >= 0.6 is 0 Å². The molecule has 0 bridgehead atoms. The molecular weight excluding hydrogens is 182 g/mol. The lowest BCUT2D eigenvalue weighted by molar-refractivity contribution is 0.314. The summed E-state index contributed by atoms with van der Waals surface area (Å²) in [4.78, 5) is 0. The Morgan fingerprint density at radius 2 is 1.73 bits per heavy atom. The van der Waals surface area contributed by atoms with Crippen molar-refractivity contribution in [2.45, 2.75) is 40.2 Å². The van der Waals surface area contributed by atoms with E-state index in [0.717, 1.165) is 6.54 Å². The normalized spacial score (nSPS) is 13.9. The molecule has 0 aromatic heterocycles.